The predicted octanol–water partition coefficient (Wildman–Crippen LogP) is 0.993. The zero-order valence-corrected chi connectivity index (χ0v) is 10.1. The molecule has 1 atom stereocenters. The Morgan fingerprint density at radius 2 is 2.07 bits per heavy atom. The highest BCUT2D eigenvalue weighted by Gasteiger charge is 2.17. The summed E-state index contributed by atoms with van der Waals surface area (Å²) in [6.07, 6.45) is 0.457. The van der Waals surface area contributed by atoms with Crippen molar-refractivity contribution in [2.24, 2.45) is 5.92 Å². The number of hydrogen-bond donors (Lipinski definition) is 1. The summed E-state index contributed by atoms with van der Waals surface area (Å²) in [5.74, 6) is 0.495. The Bertz CT molecular complexity index is 232. The van der Waals surface area contributed by atoms with Crippen LogP contribution in [0.5, 0.6) is 0 Å². The Balaban J connectivity index is 3.91. The first-order valence-corrected chi connectivity index (χ1v) is 5.34. The second-order valence-electron chi connectivity index (χ2n) is 4.20. The van der Waals surface area contributed by atoms with Gasteiger partial charge in [0.05, 0.1) is 12.1 Å². The van der Waals surface area contributed by atoms with Crippen LogP contribution in [0.15, 0.2) is 0 Å². The average Bonchev–Trinajstić information content (AvgIpc) is 2.21. The molecule has 0 saturated carbocycles. The third kappa shape index (κ3) is 6.08. The Morgan fingerprint density at radius 1 is 1.47 bits per heavy atom. The van der Waals surface area contributed by atoms with Crippen molar-refractivity contribution in [3.63, 3.8) is 0 Å². The molecular formula is C11H21N3O. The van der Waals surface area contributed by atoms with Gasteiger partial charge in [-0.3, -0.25) is 9.69 Å². The van der Waals surface area contributed by atoms with E-state index in [4.69, 9.17) is 5.26 Å². The molecule has 0 aromatic rings. The molecule has 4 nitrogen and oxygen atoms in total. The summed E-state index contributed by atoms with van der Waals surface area (Å²) in [5.41, 5.74) is 0. The zero-order valence-electron chi connectivity index (χ0n) is 10.1. The Labute approximate surface area is 92.3 Å². The number of nitriles is 1. The molecule has 0 aromatic heterocycles. The van der Waals surface area contributed by atoms with Crippen LogP contribution >= 0.6 is 0 Å². The number of carbonyl (C=O) groups is 1. The Kier molecular flexibility index (Phi) is 6.72. The Hall–Kier alpha value is -1.08. The van der Waals surface area contributed by atoms with Crippen LogP contribution in [-0.4, -0.2) is 37.0 Å². The monoisotopic (exact) mass is 211 g/mol. The molecule has 0 fully saturated rings. The standard InChI is InChI=1S/C11H21N3O/c1-9(2)8-13-11(15)10(3)14(4)7-5-6-12/h9-10H,5,7-8H2,1-4H3,(H,13,15). The van der Waals surface area contributed by atoms with Crippen LogP contribution in [-0.2, 0) is 4.79 Å². The van der Waals surface area contributed by atoms with Gasteiger partial charge in [-0.25, -0.2) is 0 Å². The van der Waals surface area contributed by atoms with E-state index in [1.54, 1.807) is 0 Å². The van der Waals surface area contributed by atoms with E-state index >= 15 is 0 Å². The smallest absolute Gasteiger partial charge is 0.237 e. The molecular weight excluding hydrogens is 190 g/mol. The minimum atomic E-state index is -0.169. The summed E-state index contributed by atoms with van der Waals surface area (Å²) in [6, 6.07) is 1.90. The quantitative estimate of drug-likeness (QED) is 0.713. The van der Waals surface area contributed by atoms with Crippen LogP contribution in [0.3, 0.4) is 0 Å². The van der Waals surface area contributed by atoms with Crippen LogP contribution in [0, 0.1) is 17.2 Å². The summed E-state index contributed by atoms with van der Waals surface area (Å²) < 4.78 is 0. The van der Waals surface area contributed by atoms with E-state index in [1.807, 2.05) is 18.9 Å². The van der Waals surface area contributed by atoms with E-state index in [0.29, 0.717) is 25.4 Å². The molecule has 0 aliphatic heterocycles. The van der Waals surface area contributed by atoms with Crippen LogP contribution in [0.2, 0.25) is 0 Å². The minimum absolute atomic E-state index is 0.0316. The molecule has 86 valence electrons. The van der Waals surface area contributed by atoms with Crippen molar-refractivity contribution in [1.29, 1.82) is 5.26 Å². The van der Waals surface area contributed by atoms with Gasteiger partial charge in [-0.2, -0.15) is 5.26 Å². The maximum Gasteiger partial charge on any atom is 0.237 e. The third-order valence-corrected chi connectivity index (χ3v) is 2.30. The second-order valence-corrected chi connectivity index (χ2v) is 4.20. The number of carbonyl (C=O) groups excluding carboxylic acids is 1. The number of likely N-dealkylation sites (N-methyl/N-ethyl adjacent to an activating group) is 1. The van der Waals surface area contributed by atoms with Gasteiger partial charge in [0.15, 0.2) is 0 Å². The van der Waals surface area contributed by atoms with Gasteiger partial charge >= 0.3 is 0 Å². The number of hydrogen-bond acceptors (Lipinski definition) is 3. The molecule has 4 heteroatoms. The fourth-order valence-electron chi connectivity index (χ4n) is 1.07. The Morgan fingerprint density at radius 3 is 2.53 bits per heavy atom. The van der Waals surface area contributed by atoms with Gasteiger partial charge < -0.3 is 5.32 Å². The van der Waals surface area contributed by atoms with E-state index in [1.165, 1.54) is 0 Å². The van der Waals surface area contributed by atoms with Crippen molar-refractivity contribution in [3.05, 3.63) is 0 Å². The first-order chi connectivity index (χ1) is 6.99. The molecule has 0 aromatic carbocycles. The largest absolute Gasteiger partial charge is 0.354 e. The van der Waals surface area contributed by atoms with Crippen LogP contribution in [0.1, 0.15) is 27.2 Å². The molecule has 0 bridgehead atoms. The average molecular weight is 211 g/mol. The van der Waals surface area contributed by atoms with Crippen molar-refractivity contribution in [3.8, 4) is 6.07 Å². The zero-order chi connectivity index (χ0) is 11.8. The van der Waals surface area contributed by atoms with Gasteiger partial charge in [-0.1, -0.05) is 13.8 Å². The van der Waals surface area contributed by atoms with Gasteiger partial charge in [0.1, 0.15) is 0 Å². The maximum absolute atomic E-state index is 11.6. The molecule has 0 saturated heterocycles. The second kappa shape index (κ2) is 7.24. The fourth-order valence-corrected chi connectivity index (χ4v) is 1.07. The van der Waals surface area contributed by atoms with E-state index in [-0.39, 0.29) is 11.9 Å². The first-order valence-electron chi connectivity index (χ1n) is 5.34. The van der Waals surface area contributed by atoms with Gasteiger partial charge in [0.25, 0.3) is 0 Å². The summed E-state index contributed by atoms with van der Waals surface area (Å²) in [5, 5.41) is 11.3. The van der Waals surface area contributed by atoms with Gasteiger partial charge in [-0.15, -0.1) is 0 Å². The molecule has 0 spiro atoms. The SMILES string of the molecule is CC(C)CNC(=O)C(C)N(C)CCC#N. The van der Waals surface area contributed by atoms with Gasteiger partial charge in [-0.05, 0) is 19.9 Å². The van der Waals surface area contributed by atoms with Gasteiger partial charge in [0.2, 0.25) is 5.91 Å². The number of rotatable bonds is 6. The van der Waals surface area contributed by atoms with Crippen molar-refractivity contribution >= 4 is 5.91 Å². The molecule has 15 heavy (non-hydrogen) atoms. The van der Waals surface area contributed by atoms with Crippen molar-refractivity contribution in [2.75, 3.05) is 20.1 Å². The molecule has 1 amide bonds. The normalized spacial score (nSPS) is 12.6. The molecule has 0 aliphatic carbocycles. The highest BCUT2D eigenvalue weighted by atomic mass is 16.2. The third-order valence-electron chi connectivity index (χ3n) is 2.30. The number of nitrogens with zero attached hydrogens (tertiary/aromatic N) is 2. The molecule has 0 heterocycles. The lowest BCUT2D eigenvalue weighted by molar-refractivity contribution is -0.125. The number of amides is 1. The topological polar surface area (TPSA) is 56.1 Å². The highest BCUT2D eigenvalue weighted by Crippen LogP contribution is 1.97. The summed E-state index contributed by atoms with van der Waals surface area (Å²) in [4.78, 5) is 13.5. The predicted molar refractivity (Wildman–Crippen MR) is 60.2 cm³/mol. The van der Waals surface area contributed by atoms with E-state index in [0.717, 1.165) is 0 Å². The lowest BCUT2D eigenvalue weighted by Gasteiger charge is -2.23. The van der Waals surface area contributed by atoms with Crippen LogP contribution in [0.4, 0.5) is 0 Å². The lowest BCUT2D eigenvalue weighted by atomic mass is 10.2. The lowest BCUT2D eigenvalue weighted by Crippen LogP contribution is -2.44. The highest BCUT2D eigenvalue weighted by molar-refractivity contribution is 5.81. The molecule has 0 radical (unpaired) electrons. The molecule has 1 N–H and O–H groups in total. The summed E-state index contributed by atoms with van der Waals surface area (Å²) >= 11 is 0. The van der Waals surface area contributed by atoms with E-state index < -0.39 is 0 Å². The van der Waals surface area contributed by atoms with Crippen molar-refractivity contribution in [1.82, 2.24) is 10.2 Å². The van der Waals surface area contributed by atoms with Crippen molar-refractivity contribution < 1.29 is 4.79 Å². The first kappa shape index (κ1) is 13.9. The van der Waals surface area contributed by atoms with Crippen molar-refractivity contribution in [2.45, 2.75) is 33.2 Å². The molecule has 1 unspecified atom stereocenters. The molecule has 0 aliphatic rings. The number of nitrogens with one attached hydrogen (secondary N) is 1. The summed E-state index contributed by atoms with van der Waals surface area (Å²) in [6.45, 7) is 7.31. The minimum Gasteiger partial charge on any atom is -0.354 e. The maximum atomic E-state index is 11.6. The van der Waals surface area contributed by atoms with Crippen LogP contribution in [0.25, 0.3) is 0 Å². The summed E-state index contributed by atoms with van der Waals surface area (Å²) in [7, 11) is 1.86. The van der Waals surface area contributed by atoms with E-state index in [9.17, 15) is 4.79 Å². The van der Waals surface area contributed by atoms with E-state index in [2.05, 4.69) is 25.2 Å². The fraction of sp³-hybridized carbons (Fsp3) is 0.818. The molecule has 0 rings (SSSR count). The van der Waals surface area contributed by atoms with Crippen LogP contribution < -0.4 is 5.32 Å². The van der Waals surface area contributed by atoms with Gasteiger partial charge in [0, 0.05) is 19.5 Å².